The predicted octanol–water partition coefficient (Wildman–Crippen LogP) is 5.39. The molecule has 0 aromatic heterocycles. The monoisotopic (exact) mass is 415 g/mol. The fourth-order valence-corrected chi connectivity index (χ4v) is 4.21. The van der Waals surface area contributed by atoms with E-state index in [-0.39, 0.29) is 11.9 Å². The van der Waals surface area contributed by atoms with Gasteiger partial charge in [-0.1, -0.05) is 68.4 Å². The van der Waals surface area contributed by atoms with Crippen LogP contribution >= 0.6 is 12.2 Å². The molecular weight excluding hydrogens is 390 g/mol. The summed E-state index contributed by atoms with van der Waals surface area (Å²) in [5, 5.41) is 12.3. The third-order valence-electron chi connectivity index (χ3n) is 5.45. The fraction of sp³-hybridized carbons (Fsp3) is 0.200. The summed E-state index contributed by atoms with van der Waals surface area (Å²) in [6, 6.07) is 22.1. The van der Waals surface area contributed by atoms with E-state index in [1.807, 2.05) is 37.3 Å². The molecule has 0 saturated carbocycles. The highest BCUT2D eigenvalue weighted by atomic mass is 32.1. The van der Waals surface area contributed by atoms with Gasteiger partial charge in [0.25, 0.3) is 5.91 Å². The van der Waals surface area contributed by atoms with Crippen LogP contribution in [0, 0.1) is 0 Å². The minimum atomic E-state index is -0.324. The Morgan fingerprint density at radius 3 is 2.47 bits per heavy atom. The zero-order chi connectivity index (χ0) is 21.3. The van der Waals surface area contributed by atoms with E-state index >= 15 is 0 Å². The molecule has 3 N–H and O–H groups in total. The van der Waals surface area contributed by atoms with Crippen molar-refractivity contribution in [2.45, 2.75) is 32.7 Å². The van der Waals surface area contributed by atoms with Crippen molar-refractivity contribution in [3.63, 3.8) is 0 Å². The highest BCUT2D eigenvalue weighted by Gasteiger charge is 2.30. The minimum absolute atomic E-state index is 0.138. The van der Waals surface area contributed by atoms with Gasteiger partial charge in [0, 0.05) is 11.4 Å². The van der Waals surface area contributed by atoms with Gasteiger partial charge in [0.2, 0.25) is 0 Å². The second kappa shape index (κ2) is 8.28. The molecule has 1 aliphatic heterocycles. The van der Waals surface area contributed by atoms with Crippen LogP contribution in [0.2, 0.25) is 0 Å². The van der Waals surface area contributed by atoms with Crippen LogP contribution in [0.3, 0.4) is 0 Å². The molecule has 3 aromatic rings. The Morgan fingerprint density at radius 2 is 1.70 bits per heavy atom. The van der Waals surface area contributed by atoms with Crippen molar-refractivity contribution in [2.75, 3.05) is 5.32 Å². The van der Waals surface area contributed by atoms with Gasteiger partial charge in [-0.15, -0.1) is 0 Å². The number of rotatable bonds is 4. The van der Waals surface area contributed by atoms with E-state index in [2.05, 4.69) is 66.2 Å². The molecular formula is C25H25N3OS. The van der Waals surface area contributed by atoms with E-state index in [0.29, 0.717) is 16.6 Å². The van der Waals surface area contributed by atoms with Crippen LogP contribution in [0.5, 0.6) is 0 Å². The van der Waals surface area contributed by atoms with Crippen molar-refractivity contribution in [1.82, 2.24) is 10.6 Å². The molecule has 0 unspecified atom stereocenters. The van der Waals surface area contributed by atoms with E-state index in [9.17, 15) is 4.79 Å². The molecule has 5 heteroatoms. The molecule has 0 bridgehead atoms. The lowest BCUT2D eigenvalue weighted by atomic mass is 9.93. The number of hydrogen-bond acceptors (Lipinski definition) is 2. The first-order valence-electron chi connectivity index (χ1n) is 10.1. The summed E-state index contributed by atoms with van der Waals surface area (Å²) in [7, 11) is 0. The second-order valence-electron chi connectivity index (χ2n) is 7.87. The number of carbonyl (C=O) groups is 1. The van der Waals surface area contributed by atoms with Gasteiger partial charge in [-0.25, -0.2) is 0 Å². The summed E-state index contributed by atoms with van der Waals surface area (Å²) < 4.78 is 0. The van der Waals surface area contributed by atoms with Crippen LogP contribution in [0.4, 0.5) is 5.69 Å². The third-order valence-corrected chi connectivity index (χ3v) is 5.67. The Labute approximate surface area is 182 Å². The number of nitrogens with one attached hydrogen (secondary N) is 3. The number of hydrogen-bond donors (Lipinski definition) is 3. The molecule has 4 rings (SSSR count). The molecule has 0 spiro atoms. The molecule has 3 aromatic carbocycles. The Morgan fingerprint density at radius 1 is 1.00 bits per heavy atom. The van der Waals surface area contributed by atoms with Crippen molar-refractivity contribution >= 4 is 39.7 Å². The first-order valence-corrected chi connectivity index (χ1v) is 10.5. The van der Waals surface area contributed by atoms with Gasteiger partial charge >= 0.3 is 0 Å². The predicted molar refractivity (Wildman–Crippen MR) is 127 cm³/mol. The van der Waals surface area contributed by atoms with E-state index in [4.69, 9.17) is 12.2 Å². The largest absolute Gasteiger partial charge is 0.351 e. The molecule has 1 heterocycles. The lowest BCUT2D eigenvalue weighted by Gasteiger charge is -2.30. The van der Waals surface area contributed by atoms with Crippen molar-refractivity contribution in [3.8, 4) is 0 Å². The lowest BCUT2D eigenvalue weighted by molar-refractivity contribution is -0.113. The lowest BCUT2D eigenvalue weighted by Crippen LogP contribution is -2.45. The van der Waals surface area contributed by atoms with Gasteiger partial charge in [-0.05, 0) is 59.1 Å². The molecule has 0 fully saturated rings. The highest BCUT2D eigenvalue weighted by Crippen LogP contribution is 2.31. The Balaban J connectivity index is 1.72. The SMILES string of the molecule is CC1=C(C(=O)Nc2ccccc2C(C)C)[C@@H](c2ccc3ccccc3c2)NC(=S)N1. The second-order valence-corrected chi connectivity index (χ2v) is 8.28. The quantitative estimate of drug-likeness (QED) is 0.500. The first kappa shape index (κ1) is 20.1. The molecule has 30 heavy (non-hydrogen) atoms. The first-order chi connectivity index (χ1) is 14.4. The zero-order valence-corrected chi connectivity index (χ0v) is 18.1. The summed E-state index contributed by atoms with van der Waals surface area (Å²) in [6.07, 6.45) is 0. The topological polar surface area (TPSA) is 53.2 Å². The van der Waals surface area contributed by atoms with E-state index in [1.165, 1.54) is 0 Å². The summed E-state index contributed by atoms with van der Waals surface area (Å²) in [5.41, 5.74) is 4.34. The van der Waals surface area contributed by atoms with Gasteiger partial charge in [0.05, 0.1) is 11.6 Å². The maximum atomic E-state index is 13.4. The summed E-state index contributed by atoms with van der Waals surface area (Å²) >= 11 is 5.39. The maximum Gasteiger partial charge on any atom is 0.255 e. The molecule has 4 nitrogen and oxygen atoms in total. The van der Waals surface area contributed by atoms with Gasteiger partial charge in [-0.2, -0.15) is 0 Å². The van der Waals surface area contributed by atoms with Gasteiger partial charge in [0.15, 0.2) is 5.11 Å². The van der Waals surface area contributed by atoms with Crippen LogP contribution in [0.15, 0.2) is 78.0 Å². The van der Waals surface area contributed by atoms with Gasteiger partial charge < -0.3 is 16.0 Å². The van der Waals surface area contributed by atoms with Crippen molar-refractivity contribution in [3.05, 3.63) is 89.1 Å². The summed E-state index contributed by atoms with van der Waals surface area (Å²) in [4.78, 5) is 13.4. The Kier molecular flexibility index (Phi) is 5.55. The van der Waals surface area contributed by atoms with Crippen molar-refractivity contribution in [2.24, 2.45) is 0 Å². The van der Waals surface area contributed by atoms with Gasteiger partial charge in [0.1, 0.15) is 0 Å². The molecule has 0 radical (unpaired) electrons. The zero-order valence-electron chi connectivity index (χ0n) is 17.3. The van der Waals surface area contributed by atoms with Crippen molar-refractivity contribution in [1.29, 1.82) is 0 Å². The molecule has 1 amide bonds. The number of carbonyl (C=O) groups excluding carboxylic acids is 1. The Hall–Kier alpha value is -3.18. The standard InChI is InChI=1S/C25H25N3OS/c1-15(2)20-10-6-7-11-21(20)27-24(29)22-16(3)26-25(30)28-23(22)19-13-12-17-8-4-5-9-18(17)14-19/h4-15,23H,1-3H3,(H,27,29)(H2,26,28,30)/t23-/m1/s1. The molecule has 0 aliphatic carbocycles. The van der Waals surface area contributed by atoms with Crippen LogP contribution < -0.4 is 16.0 Å². The number of thiocarbonyl (C=S) groups is 1. The van der Waals surface area contributed by atoms with E-state index in [1.54, 1.807) is 0 Å². The van der Waals surface area contributed by atoms with E-state index in [0.717, 1.165) is 33.3 Å². The van der Waals surface area contributed by atoms with Crippen LogP contribution in [0.25, 0.3) is 10.8 Å². The smallest absolute Gasteiger partial charge is 0.255 e. The van der Waals surface area contributed by atoms with Gasteiger partial charge in [-0.3, -0.25) is 4.79 Å². The normalized spacial score (nSPS) is 16.4. The average molecular weight is 416 g/mol. The van der Waals surface area contributed by atoms with Crippen LogP contribution in [-0.4, -0.2) is 11.0 Å². The number of allylic oxidation sites excluding steroid dienone is 1. The number of amides is 1. The molecule has 1 atom stereocenters. The van der Waals surface area contributed by atoms with Crippen LogP contribution in [0.1, 0.15) is 43.9 Å². The molecule has 152 valence electrons. The fourth-order valence-electron chi connectivity index (χ4n) is 3.94. The van der Waals surface area contributed by atoms with Crippen LogP contribution in [-0.2, 0) is 4.79 Å². The molecule has 1 aliphatic rings. The molecule has 0 saturated heterocycles. The third kappa shape index (κ3) is 3.94. The number of fused-ring (bicyclic) bond motifs is 1. The average Bonchev–Trinajstić information content (AvgIpc) is 2.73. The minimum Gasteiger partial charge on any atom is -0.351 e. The number of para-hydroxylation sites is 1. The highest BCUT2D eigenvalue weighted by molar-refractivity contribution is 7.80. The number of benzene rings is 3. The maximum absolute atomic E-state index is 13.4. The van der Waals surface area contributed by atoms with E-state index < -0.39 is 0 Å². The van der Waals surface area contributed by atoms with Crippen molar-refractivity contribution < 1.29 is 4.79 Å². The summed E-state index contributed by atoms with van der Waals surface area (Å²) in [6.45, 7) is 6.13. The Bertz CT molecular complexity index is 1170. The summed E-state index contributed by atoms with van der Waals surface area (Å²) in [5.74, 6) is 0.171. The number of anilines is 1.